The molecule has 0 radical (unpaired) electrons. The molecule has 0 aromatic heterocycles. The predicted octanol–water partition coefficient (Wildman–Crippen LogP) is 2.81. The summed E-state index contributed by atoms with van der Waals surface area (Å²) >= 11 is 5.72. The molecule has 1 aliphatic carbocycles. The first-order valence-corrected chi connectivity index (χ1v) is 6.92. The van der Waals surface area contributed by atoms with Crippen LogP contribution in [0, 0.1) is 0 Å². The van der Waals surface area contributed by atoms with E-state index in [0.29, 0.717) is 10.9 Å². The molecule has 66 valence electrons. The van der Waals surface area contributed by atoms with E-state index in [0.717, 1.165) is 11.1 Å². The van der Waals surface area contributed by atoms with Gasteiger partial charge in [-0.3, -0.25) is 0 Å². The average molecular weight is 194 g/mol. The van der Waals surface area contributed by atoms with Gasteiger partial charge in [0.1, 0.15) is 11.0 Å². The van der Waals surface area contributed by atoms with Crippen LogP contribution in [0.25, 0.3) is 0 Å². The van der Waals surface area contributed by atoms with Gasteiger partial charge in [-0.2, -0.15) is 0 Å². The largest absolute Gasteiger partial charge is 0.122 e. The Morgan fingerprint density at radius 3 is 2.45 bits per heavy atom. The van der Waals surface area contributed by atoms with Crippen LogP contribution >= 0.6 is 11.6 Å². The average Bonchev–Trinajstić information content (AvgIpc) is 2.07. The fourth-order valence-corrected chi connectivity index (χ4v) is 4.20. The van der Waals surface area contributed by atoms with Crippen molar-refractivity contribution < 1.29 is 0 Å². The topological polar surface area (TPSA) is 0 Å². The normalized spacial score (nSPS) is 23.5. The smallest absolute Gasteiger partial charge is 0.121 e. The highest BCUT2D eigenvalue weighted by atomic mass is 35.5. The number of hydrogen-bond acceptors (Lipinski definition) is 0. The molecule has 11 heavy (non-hydrogen) atoms. The Hall–Kier alpha value is 0.640. The molecule has 0 saturated heterocycles. The lowest BCUT2D eigenvalue weighted by molar-refractivity contribution is 0.513. The van der Waals surface area contributed by atoms with Crippen LogP contribution in [-0.2, 0) is 10.9 Å². The molecule has 1 aliphatic rings. The van der Waals surface area contributed by atoms with Crippen LogP contribution in [0.2, 0.25) is 0 Å². The highest BCUT2D eigenvalue weighted by Crippen LogP contribution is 2.24. The third-order valence-corrected chi connectivity index (χ3v) is 5.39. The van der Waals surface area contributed by atoms with Crippen LogP contribution in [0.1, 0.15) is 32.1 Å². The van der Waals surface area contributed by atoms with Crippen LogP contribution in [0.5, 0.6) is 0 Å². The van der Waals surface area contributed by atoms with E-state index in [1.807, 2.05) is 0 Å². The summed E-state index contributed by atoms with van der Waals surface area (Å²) in [6.07, 6.45) is 9.72. The molecule has 0 heterocycles. The van der Waals surface area contributed by atoms with Crippen molar-refractivity contribution in [2.24, 2.45) is 0 Å². The summed E-state index contributed by atoms with van der Waals surface area (Å²) in [4.78, 5) is 0. The maximum atomic E-state index is 5.72. The molecule has 0 amide bonds. The fourth-order valence-electron chi connectivity index (χ4n) is 1.76. The second kappa shape index (κ2) is 5.31. The van der Waals surface area contributed by atoms with Crippen LogP contribution in [0.3, 0.4) is 0 Å². The van der Waals surface area contributed by atoms with E-state index in [4.69, 9.17) is 11.6 Å². The standard InChI is InChI=1S/C9H18ClS/c1-11(8-7-10)9-5-3-2-4-6-9/h9H,2-8H2,1H3/q+1. The Bertz CT molecular complexity index is 99.7. The van der Waals surface area contributed by atoms with Gasteiger partial charge in [-0.25, -0.2) is 0 Å². The lowest BCUT2D eigenvalue weighted by atomic mass is 10.0. The molecule has 0 bridgehead atoms. The van der Waals surface area contributed by atoms with E-state index in [1.54, 1.807) is 0 Å². The van der Waals surface area contributed by atoms with Gasteiger partial charge in [-0.05, 0) is 36.6 Å². The lowest BCUT2D eigenvalue weighted by Gasteiger charge is -2.19. The maximum absolute atomic E-state index is 5.72. The van der Waals surface area contributed by atoms with Crippen molar-refractivity contribution in [3.63, 3.8) is 0 Å². The Kier molecular flexibility index (Phi) is 4.70. The Morgan fingerprint density at radius 2 is 1.91 bits per heavy atom. The molecular formula is C9H18ClS+. The summed E-state index contributed by atoms with van der Waals surface area (Å²) in [5.74, 6) is 2.10. The minimum Gasteiger partial charge on any atom is -0.122 e. The molecule has 0 aliphatic heterocycles. The number of hydrogen-bond donors (Lipinski definition) is 0. The van der Waals surface area contributed by atoms with Crippen LogP contribution in [0.4, 0.5) is 0 Å². The quantitative estimate of drug-likeness (QED) is 0.478. The fraction of sp³-hybridized carbons (Fsp3) is 1.00. The van der Waals surface area contributed by atoms with Crippen molar-refractivity contribution >= 4 is 22.5 Å². The third kappa shape index (κ3) is 3.25. The van der Waals surface area contributed by atoms with E-state index in [2.05, 4.69) is 6.26 Å². The molecule has 1 atom stereocenters. The zero-order valence-corrected chi connectivity index (χ0v) is 8.89. The Balaban J connectivity index is 2.21. The van der Waals surface area contributed by atoms with E-state index in [9.17, 15) is 0 Å². The molecule has 1 saturated carbocycles. The maximum Gasteiger partial charge on any atom is 0.121 e. The first-order chi connectivity index (χ1) is 5.34. The summed E-state index contributed by atoms with van der Waals surface area (Å²) in [6.45, 7) is 0. The van der Waals surface area contributed by atoms with Gasteiger partial charge < -0.3 is 0 Å². The van der Waals surface area contributed by atoms with Crippen LogP contribution < -0.4 is 0 Å². The van der Waals surface area contributed by atoms with E-state index in [-0.39, 0.29) is 0 Å². The van der Waals surface area contributed by atoms with Crippen molar-refractivity contribution in [3.05, 3.63) is 0 Å². The van der Waals surface area contributed by atoms with Gasteiger partial charge in [0.2, 0.25) is 0 Å². The molecule has 0 aromatic rings. The number of halogens is 1. The molecule has 2 heteroatoms. The monoisotopic (exact) mass is 193 g/mol. The summed E-state index contributed by atoms with van der Waals surface area (Å²) < 4.78 is 0. The molecule has 0 spiro atoms. The zero-order chi connectivity index (χ0) is 8.10. The molecule has 1 unspecified atom stereocenters. The highest BCUT2D eigenvalue weighted by molar-refractivity contribution is 7.96. The van der Waals surface area contributed by atoms with Crippen molar-refractivity contribution in [3.8, 4) is 0 Å². The van der Waals surface area contributed by atoms with Gasteiger partial charge >= 0.3 is 0 Å². The van der Waals surface area contributed by atoms with Crippen molar-refractivity contribution in [1.82, 2.24) is 0 Å². The molecule has 0 nitrogen and oxygen atoms in total. The minimum absolute atomic E-state index is 0.612. The van der Waals surface area contributed by atoms with Crippen molar-refractivity contribution in [2.45, 2.75) is 37.4 Å². The van der Waals surface area contributed by atoms with Crippen LogP contribution in [-0.4, -0.2) is 23.1 Å². The zero-order valence-electron chi connectivity index (χ0n) is 7.31. The van der Waals surface area contributed by atoms with Gasteiger partial charge in [0, 0.05) is 0 Å². The van der Waals surface area contributed by atoms with Gasteiger partial charge in [0.05, 0.1) is 12.1 Å². The summed E-state index contributed by atoms with van der Waals surface area (Å²) in [5.41, 5.74) is 0. The van der Waals surface area contributed by atoms with Gasteiger partial charge in [-0.15, -0.1) is 11.6 Å². The minimum atomic E-state index is 0.612. The number of rotatable bonds is 3. The van der Waals surface area contributed by atoms with Gasteiger partial charge in [0.15, 0.2) is 0 Å². The Labute approximate surface area is 78.0 Å². The predicted molar refractivity (Wildman–Crippen MR) is 55.7 cm³/mol. The lowest BCUT2D eigenvalue weighted by Crippen LogP contribution is -2.26. The van der Waals surface area contributed by atoms with Gasteiger partial charge in [0.25, 0.3) is 0 Å². The summed E-state index contributed by atoms with van der Waals surface area (Å²) in [5, 5.41) is 1.02. The second-order valence-electron chi connectivity index (χ2n) is 3.34. The van der Waals surface area contributed by atoms with Crippen molar-refractivity contribution in [2.75, 3.05) is 17.9 Å². The molecule has 1 rings (SSSR count). The van der Waals surface area contributed by atoms with Crippen molar-refractivity contribution in [1.29, 1.82) is 0 Å². The molecule has 0 aromatic carbocycles. The highest BCUT2D eigenvalue weighted by Gasteiger charge is 2.26. The summed E-state index contributed by atoms with van der Waals surface area (Å²) in [7, 11) is 0.612. The van der Waals surface area contributed by atoms with E-state index in [1.165, 1.54) is 37.9 Å². The third-order valence-electron chi connectivity index (χ3n) is 2.52. The van der Waals surface area contributed by atoms with Gasteiger partial charge in [-0.1, -0.05) is 6.42 Å². The van der Waals surface area contributed by atoms with E-state index < -0.39 is 0 Å². The Morgan fingerprint density at radius 1 is 1.27 bits per heavy atom. The van der Waals surface area contributed by atoms with E-state index >= 15 is 0 Å². The first kappa shape index (κ1) is 9.73. The summed E-state index contributed by atoms with van der Waals surface area (Å²) in [6, 6.07) is 0. The SMILES string of the molecule is C[S+](CCCl)C1CCCCC1. The molecule has 1 fully saturated rings. The molecular weight excluding hydrogens is 176 g/mol. The first-order valence-electron chi connectivity index (χ1n) is 4.52. The molecule has 0 N–H and O–H groups in total. The second-order valence-corrected chi connectivity index (χ2v) is 6.18. The number of alkyl halides is 1. The van der Waals surface area contributed by atoms with Crippen LogP contribution in [0.15, 0.2) is 0 Å².